The monoisotopic (exact) mass is 371 g/mol. The number of carbonyl (C=O) groups excluding carboxylic acids is 2. The summed E-state index contributed by atoms with van der Waals surface area (Å²) in [7, 11) is 4.03. The third kappa shape index (κ3) is 4.00. The summed E-state index contributed by atoms with van der Waals surface area (Å²) in [6, 6.07) is 4.79. The Hall–Kier alpha value is -2.74. The lowest BCUT2D eigenvalue weighted by atomic mass is 10.1. The Balaban J connectivity index is 1.99. The van der Waals surface area contributed by atoms with Crippen LogP contribution < -0.4 is 16.2 Å². The van der Waals surface area contributed by atoms with Gasteiger partial charge in [0, 0.05) is 18.7 Å². The maximum absolute atomic E-state index is 13.2. The zero-order chi connectivity index (χ0) is 19.6. The van der Waals surface area contributed by atoms with Gasteiger partial charge in [-0.25, -0.2) is 4.98 Å². The van der Waals surface area contributed by atoms with Crippen molar-refractivity contribution in [2.45, 2.75) is 32.2 Å². The first kappa shape index (κ1) is 19.0. The van der Waals surface area contributed by atoms with Crippen molar-refractivity contribution in [3.05, 3.63) is 34.4 Å². The van der Waals surface area contributed by atoms with Crippen LogP contribution in [0.2, 0.25) is 0 Å². The molecule has 0 spiro atoms. The SMILES string of the molecule is Cc1nc2cccc(NCCCN(C)C)c2c(=O)n1C1CCC(=O)NC1=O. The van der Waals surface area contributed by atoms with Gasteiger partial charge in [0.15, 0.2) is 0 Å². The average molecular weight is 371 g/mol. The third-order valence-electron chi connectivity index (χ3n) is 4.73. The number of carbonyl (C=O) groups is 2. The molecule has 2 aromatic rings. The highest BCUT2D eigenvalue weighted by Crippen LogP contribution is 2.23. The molecule has 1 saturated heterocycles. The van der Waals surface area contributed by atoms with E-state index in [0.29, 0.717) is 28.8 Å². The van der Waals surface area contributed by atoms with Crippen LogP contribution in [-0.2, 0) is 9.59 Å². The van der Waals surface area contributed by atoms with Crippen LogP contribution in [0.5, 0.6) is 0 Å². The molecule has 1 aliphatic rings. The van der Waals surface area contributed by atoms with Crippen LogP contribution in [0.4, 0.5) is 5.69 Å². The summed E-state index contributed by atoms with van der Waals surface area (Å²) < 4.78 is 1.41. The second-order valence-corrected chi connectivity index (χ2v) is 7.08. The molecule has 0 saturated carbocycles. The van der Waals surface area contributed by atoms with E-state index in [4.69, 9.17) is 0 Å². The van der Waals surface area contributed by atoms with Crippen molar-refractivity contribution in [1.82, 2.24) is 19.8 Å². The van der Waals surface area contributed by atoms with Crippen LogP contribution in [0.25, 0.3) is 10.9 Å². The molecule has 1 atom stereocenters. The van der Waals surface area contributed by atoms with Crippen molar-refractivity contribution in [1.29, 1.82) is 0 Å². The number of rotatable bonds is 6. The van der Waals surface area contributed by atoms with Gasteiger partial charge < -0.3 is 10.2 Å². The van der Waals surface area contributed by atoms with E-state index >= 15 is 0 Å². The number of fused-ring (bicyclic) bond motifs is 1. The summed E-state index contributed by atoms with van der Waals surface area (Å²) in [5.41, 5.74) is 1.05. The topological polar surface area (TPSA) is 96.3 Å². The number of nitrogens with zero attached hydrogens (tertiary/aromatic N) is 3. The van der Waals surface area contributed by atoms with Crippen molar-refractivity contribution in [3.8, 4) is 0 Å². The van der Waals surface area contributed by atoms with E-state index < -0.39 is 11.9 Å². The molecular weight excluding hydrogens is 346 g/mol. The van der Waals surface area contributed by atoms with Gasteiger partial charge in [0.2, 0.25) is 11.8 Å². The van der Waals surface area contributed by atoms with Gasteiger partial charge in [0.25, 0.3) is 5.56 Å². The number of imide groups is 1. The molecule has 8 heteroatoms. The molecule has 1 unspecified atom stereocenters. The first-order chi connectivity index (χ1) is 12.9. The molecule has 2 heterocycles. The number of aromatic nitrogens is 2. The first-order valence-electron chi connectivity index (χ1n) is 9.12. The van der Waals surface area contributed by atoms with Crippen molar-refractivity contribution in [3.63, 3.8) is 0 Å². The van der Waals surface area contributed by atoms with E-state index in [1.165, 1.54) is 4.57 Å². The Labute approximate surface area is 157 Å². The van der Waals surface area contributed by atoms with E-state index in [2.05, 4.69) is 20.5 Å². The standard InChI is InChI=1S/C19H25N5O3/c1-12-21-14-7-4-6-13(20-10-5-11-23(2)3)17(14)19(27)24(12)15-8-9-16(25)22-18(15)26/h4,6-7,15,20H,5,8-11H2,1-3H3,(H,22,25,26). The van der Waals surface area contributed by atoms with Gasteiger partial charge in [-0.3, -0.25) is 24.3 Å². The van der Waals surface area contributed by atoms with E-state index in [1.807, 2.05) is 26.2 Å². The molecule has 1 aromatic carbocycles. The Morgan fingerprint density at radius 3 is 2.78 bits per heavy atom. The van der Waals surface area contributed by atoms with E-state index in [-0.39, 0.29) is 17.9 Å². The molecular formula is C19H25N5O3. The molecule has 1 aromatic heterocycles. The molecule has 2 amide bonds. The minimum absolute atomic E-state index is 0.213. The average Bonchev–Trinajstić information content (AvgIpc) is 2.60. The number of amides is 2. The van der Waals surface area contributed by atoms with Crippen LogP contribution in [-0.4, -0.2) is 53.5 Å². The highest BCUT2D eigenvalue weighted by molar-refractivity contribution is 5.99. The van der Waals surface area contributed by atoms with Gasteiger partial charge in [-0.2, -0.15) is 0 Å². The summed E-state index contributed by atoms with van der Waals surface area (Å²) in [5, 5.41) is 6.10. The van der Waals surface area contributed by atoms with Crippen LogP contribution in [0, 0.1) is 6.92 Å². The molecule has 3 rings (SSSR count). The number of benzene rings is 1. The predicted octanol–water partition coefficient (Wildman–Crippen LogP) is 1.05. The number of nitrogens with one attached hydrogen (secondary N) is 2. The third-order valence-corrected chi connectivity index (χ3v) is 4.73. The molecule has 0 aliphatic carbocycles. The van der Waals surface area contributed by atoms with Crippen LogP contribution >= 0.6 is 0 Å². The van der Waals surface area contributed by atoms with Gasteiger partial charge in [-0.15, -0.1) is 0 Å². The maximum Gasteiger partial charge on any atom is 0.264 e. The lowest BCUT2D eigenvalue weighted by Crippen LogP contribution is -2.45. The molecule has 1 aliphatic heterocycles. The predicted molar refractivity (Wildman–Crippen MR) is 104 cm³/mol. The smallest absolute Gasteiger partial charge is 0.264 e. The fraction of sp³-hybridized carbons (Fsp3) is 0.474. The molecule has 1 fully saturated rings. The van der Waals surface area contributed by atoms with Gasteiger partial charge in [0.05, 0.1) is 10.9 Å². The minimum atomic E-state index is -0.714. The van der Waals surface area contributed by atoms with Crippen molar-refractivity contribution in [2.24, 2.45) is 0 Å². The lowest BCUT2D eigenvalue weighted by Gasteiger charge is -2.24. The second kappa shape index (κ2) is 7.87. The van der Waals surface area contributed by atoms with E-state index in [9.17, 15) is 14.4 Å². The summed E-state index contributed by atoms with van der Waals surface area (Å²) in [6.45, 7) is 3.38. The molecule has 144 valence electrons. The normalized spacial score (nSPS) is 17.4. The highest BCUT2D eigenvalue weighted by Gasteiger charge is 2.30. The number of piperidine rings is 1. The number of aryl methyl sites for hydroxylation is 1. The quantitative estimate of drug-likeness (QED) is 0.582. The van der Waals surface area contributed by atoms with E-state index in [0.717, 1.165) is 19.5 Å². The van der Waals surface area contributed by atoms with Crippen molar-refractivity contribution in [2.75, 3.05) is 32.5 Å². The largest absolute Gasteiger partial charge is 0.384 e. The highest BCUT2D eigenvalue weighted by atomic mass is 16.2. The van der Waals surface area contributed by atoms with Crippen molar-refractivity contribution < 1.29 is 9.59 Å². The second-order valence-electron chi connectivity index (χ2n) is 7.08. The zero-order valence-electron chi connectivity index (χ0n) is 15.9. The van der Waals surface area contributed by atoms with Crippen LogP contribution in [0.15, 0.2) is 23.0 Å². The Kier molecular flexibility index (Phi) is 5.55. The van der Waals surface area contributed by atoms with Gasteiger partial charge >= 0.3 is 0 Å². The maximum atomic E-state index is 13.2. The van der Waals surface area contributed by atoms with Gasteiger partial charge in [0.1, 0.15) is 11.9 Å². The number of hydrogen-bond donors (Lipinski definition) is 2. The summed E-state index contributed by atoms with van der Waals surface area (Å²) >= 11 is 0. The Morgan fingerprint density at radius 1 is 1.30 bits per heavy atom. The molecule has 0 radical (unpaired) electrons. The number of hydrogen-bond acceptors (Lipinski definition) is 6. The summed E-state index contributed by atoms with van der Waals surface area (Å²) in [5.74, 6) is -0.292. The van der Waals surface area contributed by atoms with Gasteiger partial charge in [-0.1, -0.05) is 6.07 Å². The van der Waals surface area contributed by atoms with Crippen LogP contribution in [0.3, 0.4) is 0 Å². The van der Waals surface area contributed by atoms with Gasteiger partial charge in [-0.05, 0) is 52.5 Å². The zero-order valence-corrected chi connectivity index (χ0v) is 15.9. The lowest BCUT2D eigenvalue weighted by molar-refractivity contribution is -0.135. The van der Waals surface area contributed by atoms with Crippen molar-refractivity contribution >= 4 is 28.4 Å². The molecule has 8 nitrogen and oxygen atoms in total. The number of anilines is 1. The minimum Gasteiger partial charge on any atom is -0.384 e. The molecule has 0 bridgehead atoms. The Morgan fingerprint density at radius 2 is 2.07 bits per heavy atom. The Bertz CT molecular complexity index is 935. The summed E-state index contributed by atoms with van der Waals surface area (Å²) in [6.07, 6.45) is 1.45. The fourth-order valence-corrected chi connectivity index (χ4v) is 3.41. The fourth-order valence-electron chi connectivity index (χ4n) is 3.41. The summed E-state index contributed by atoms with van der Waals surface area (Å²) in [4.78, 5) is 43.6. The van der Waals surface area contributed by atoms with E-state index in [1.54, 1.807) is 13.0 Å². The first-order valence-corrected chi connectivity index (χ1v) is 9.12. The molecule has 27 heavy (non-hydrogen) atoms. The van der Waals surface area contributed by atoms with Crippen LogP contribution in [0.1, 0.15) is 31.1 Å². The molecule has 2 N–H and O–H groups in total.